The van der Waals surface area contributed by atoms with E-state index < -0.39 is 0 Å². The van der Waals surface area contributed by atoms with Gasteiger partial charge >= 0.3 is 0 Å². The van der Waals surface area contributed by atoms with Gasteiger partial charge < -0.3 is 10.1 Å². The number of halogens is 1. The second-order valence-corrected chi connectivity index (χ2v) is 5.11. The van der Waals surface area contributed by atoms with Gasteiger partial charge in [0.25, 0.3) is 0 Å². The highest BCUT2D eigenvalue weighted by Gasteiger charge is 2.21. The highest BCUT2D eigenvalue weighted by molar-refractivity contribution is 6.33. The van der Waals surface area contributed by atoms with Crippen molar-refractivity contribution >= 4 is 17.3 Å². The molecule has 3 heteroatoms. The zero-order chi connectivity index (χ0) is 12.3. The van der Waals surface area contributed by atoms with E-state index in [0.717, 1.165) is 36.6 Å². The van der Waals surface area contributed by atoms with E-state index in [0.29, 0.717) is 12.1 Å². The number of anilines is 1. The van der Waals surface area contributed by atoms with E-state index in [-0.39, 0.29) is 0 Å². The lowest BCUT2D eigenvalue weighted by atomic mass is 10.0. The van der Waals surface area contributed by atoms with Crippen molar-refractivity contribution < 1.29 is 4.74 Å². The first-order valence-corrected chi connectivity index (χ1v) is 6.71. The van der Waals surface area contributed by atoms with Crippen LogP contribution >= 0.6 is 11.6 Å². The molecule has 0 bridgehead atoms. The minimum Gasteiger partial charge on any atom is -0.381 e. The van der Waals surface area contributed by atoms with E-state index >= 15 is 0 Å². The van der Waals surface area contributed by atoms with Crippen molar-refractivity contribution in [1.29, 1.82) is 0 Å². The first kappa shape index (κ1) is 12.7. The van der Waals surface area contributed by atoms with Crippen LogP contribution in [0.1, 0.15) is 31.7 Å². The minimum atomic E-state index is 0.393. The Labute approximate surface area is 108 Å². The van der Waals surface area contributed by atoms with Crippen molar-refractivity contribution in [3.05, 3.63) is 28.8 Å². The molecule has 0 radical (unpaired) electrons. The van der Waals surface area contributed by atoms with Crippen LogP contribution in [0.15, 0.2) is 18.2 Å². The van der Waals surface area contributed by atoms with Crippen LogP contribution in [0.4, 0.5) is 5.69 Å². The van der Waals surface area contributed by atoms with Gasteiger partial charge in [-0.15, -0.1) is 0 Å². The number of para-hydroxylation sites is 1. The number of aryl methyl sites for hydroxylation is 1. The summed E-state index contributed by atoms with van der Waals surface area (Å²) in [6.45, 7) is 5.11. The SMILES string of the molecule is CCC1CC(Nc2c(C)cccc2Cl)CCO1. The Morgan fingerprint density at radius 2 is 2.29 bits per heavy atom. The quantitative estimate of drug-likeness (QED) is 0.879. The molecule has 1 heterocycles. The summed E-state index contributed by atoms with van der Waals surface area (Å²) in [5.74, 6) is 0. The molecule has 2 atom stereocenters. The molecule has 17 heavy (non-hydrogen) atoms. The van der Waals surface area contributed by atoms with Crippen molar-refractivity contribution in [2.45, 2.75) is 45.3 Å². The monoisotopic (exact) mass is 253 g/mol. The largest absolute Gasteiger partial charge is 0.381 e. The molecule has 1 N–H and O–H groups in total. The van der Waals surface area contributed by atoms with E-state index in [4.69, 9.17) is 16.3 Å². The molecule has 0 spiro atoms. The fraction of sp³-hybridized carbons (Fsp3) is 0.571. The molecule has 1 fully saturated rings. The molecule has 1 aliphatic rings. The van der Waals surface area contributed by atoms with Crippen LogP contribution in [0.2, 0.25) is 5.02 Å². The molecular weight excluding hydrogens is 234 g/mol. The number of hydrogen-bond donors (Lipinski definition) is 1. The molecule has 1 aromatic rings. The van der Waals surface area contributed by atoms with Gasteiger partial charge in [0, 0.05) is 12.6 Å². The first-order valence-electron chi connectivity index (χ1n) is 6.34. The molecule has 1 aliphatic heterocycles. The van der Waals surface area contributed by atoms with E-state index in [2.05, 4.69) is 25.2 Å². The lowest BCUT2D eigenvalue weighted by Crippen LogP contribution is -2.33. The van der Waals surface area contributed by atoms with Crippen molar-refractivity contribution in [2.24, 2.45) is 0 Å². The van der Waals surface area contributed by atoms with Gasteiger partial charge in [-0.2, -0.15) is 0 Å². The lowest BCUT2D eigenvalue weighted by molar-refractivity contribution is 0.00925. The van der Waals surface area contributed by atoms with E-state index in [9.17, 15) is 0 Å². The predicted molar refractivity (Wildman–Crippen MR) is 72.9 cm³/mol. The third-order valence-electron chi connectivity index (χ3n) is 3.39. The van der Waals surface area contributed by atoms with Gasteiger partial charge in [0.05, 0.1) is 16.8 Å². The van der Waals surface area contributed by atoms with Gasteiger partial charge in [0.2, 0.25) is 0 Å². The van der Waals surface area contributed by atoms with E-state index in [1.165, 1.54) is 5.56 Å². The molecule has 0 amide bonds. The summed E-state index contributed by atoms with van der Waals surface area (Å²) in [5, 5.41) is 4.38. The average molecular weight is 254 g/mol. The van der Waals surface area contributed by atoms with Gasteiger partial charge in [-0.05, 0) is 37.8 Å². The second kappa shape index (κ2) is 5.74. The van der Waals surface area contributed by atoms with Crippen molar-refractivity contribution in [3.63, 3.8) is 0 Å². The van der Waals surface area contributed by atoms with Crippen molar-refractivity contribution in [3.8, 4) is 0 Å². The number of rotatable bonds is 3. The molecule has 2 nitrogen and oxygen atoms in total. The molecule has 2 rings (SSSR count). The molecule has 1 aromatic carbocycles. The number of benzene rings is 1. The van der Waals surface area contributed by atoms with Crippen molar-refractivity contribution in [2.75, 3.05) is 11.9 Å². The van der Waals surface area contributed by atoms with Crippen LogP contribution < -0.4 is 5.32 Å². The Kier molecular flexibility index (Phi) is 4.30. The zero-order valence-corrected chi connectivity index (χ0v) is 11.3. The molecule has 0 saturated carbocycles. The van der Waals surface area contributed by atoms with Crippen molar-refractivity contribution in [1.82, 2.24) is 0 Å². The van der Waals surface area contributed by atoms with Gasteiger partial charge in [-0.3, -0.25) is 0 Å². The highest BCUT2D eigenvalue weighted by atomic mass is 35.5. The number of ether oxygens (including phenoxy) is 1. The maximum atomic E-state index is 6.23. The molecule has 2 unspecified atom stereocenters. The van der Waals surface area contributed by atoms with Crippen LogP contribution in [0, 0.1) is 6.92 Å². The third-order valence-corrected chi connectivity index (χ3v) is 3.71. The van der Waals surface area contributed by atoms with Gasteiger partial charge in [-0.25, -0.2) is 0 Å². The van der Waals surface area contributed by atoms with Crippen LogP contribution in [0.25, 0.3) is 0 Å². The summed E-state index contributed by atoms with van der Waals surface area (Å²) < 4.78 is 5.68. The fourth-order valence-electron chi connectivity index (χ4n) is 2.31. The van der Waals surface area contributed by atoms with Crippen LogP contribution in [-0.4, -0.2) is 18.8 Å². The van der Waals surface area contributed by atoms with Gasteiger partial charge in [0.15, 0.2) is 0 Å². The molecule has 94 valence electrons. The maximum absolute atomic E-state index is 6.23. The lowest BCUT2D eigenvalue weighted by Gasteiger charge is -2.31. The minimum absolute atomic E-state index is 0.393. The Morgan fingerprint density at radius 1 is 1.47 bits per heavy atom. The van der Waals surface area contributed by atoms with E-state index in [1.54, 1.807) is 0 Å². The van der Waals surface area contributed by atoms with Crippen LogP contribution in [-0.2, 0) is 4.74 Å². The summed E-state index contributed by atoms with van der Waals surface area (Å²) in [5.41, 5.74) is 2.29. The Morgan fingerprint density at radius 3 is 3.00 bits per heavy atom. The molecule has 0 aromatic heterocycles. The Hall–Kier alpha value is -0.730. The highest BCUT2D eigenvalue weighted by Crippen LogP contribution is 2.28. The Balaban J connectivity index is 2.05. The summed E-state index contributed by atoms with van der Waals surface area (Å²) in [4.78, 5) is 0. The van der Waals surface area contributed by atoms with E-state index in [1.807, 2.05) is 12.1 Å². The van der Waals surface area contributed by atoms with Gasteiger partial charge in [0.1, 0.15) is 0 Å². The zero-order valence-electron chi connectivity index (χ0n) is 10.5. The topological polar surface area (TPSA) is 21.3 Å². The molecule has 1 saturated heterocycles. The summed E-state index contributed by atoms with van der Waals surface area (Å²) in [6.07, 6.45) is 3.60. The number of nitrogens with one attached hydrogen (secondary N) is 1. The Bertz CT molecular complexity index is 360. The fourth-order valence-corrected chi connectivity index (χ4v) is 2.59. The summed E-state index contributed by atoms with van der Waals surface area (Å²) in [7, 11) is 0. The smallest absolute Gasteiger partial charge is 0.0640 e. The van der Waals surface area contributed by atoms with Crippen LogP contribution in [0.5, 0.6) is 0 Å². The summed E-state index contributed by atoms with van der Waals surface area (Å²) >= 11 is 6.23. The van der Waals surface area contributed by atoms with Crippen LogP contribution in [0.3, 0.4) is 0 Å². The third kappa shape index (κ3) is 3.14. The first-order chi connectivity index (χ1) is 8.20. The maximum Gasteiger partial charge on any atom is 0.0640 e. The summed E-state index contributed by atoms with van der Waals surface area (Å²) in [6, 6.07) is 6.49. The number of hydrogen-bond acceptors (Lipinski definition) is 2. The average Bonchev–Trinajstić information content (AvgIpc) is 2.34. The molecular formula is C14H20ClNO. The normalized spacial score (nSPS) is 24.6. The molecule has 0 aliphatic carbocycles. The van der Waals surface area contributed by atoms with Gasteiger partial charge in [-0.1, -0.05) is 30.7 Å². The standard InChI is InChI=1S/C14H20ClNO/c1-3-12-9-11(7-8-17-12)16-14-10(2)5-4-6-13(14)15/h4-6,11-12,16H,3,7-9H2,1-2H3. The predicted octanol–water partition coefficient (Wildman–Crippen LogP) is 4.02. The second-order valence-electron chi connectivity index (χ2n) is 4.70.